The highest BCUT2D eigenvalue weighted by atomic mass is 32.2. The van der Waals surface area contributed by atoms with Crippen molar-refractivity contribution in [2.24, 2.45) is 0 Å². The highest BCUT2D eigenvalue weighted by Gasteiger charge is 2.25. The van der Waals surface area contributed by atoms with Crippen LogP contribution < -0.4 is 10.1 Å². The molecular weight excluding hydrogens is 354 g/mol. The lowest BCUT2D eigenvalue weighted by Gasteiger charge is -2.20. The van der Waals surface area contributed by atoms with Crippen LogP contribution >= 0.6 is 0 Å². The van der Waals surface area contributed by atoms with Crippen molar-refractivity contribution in [3.8, 4) is 5.75 Å². The topological polar surface area (TPSA) is 88.6 Å². The van der Waals surface area contributed by atoms with Crippen molar-refractivity contribution in [2.75, 3.05) is 20.2 Å². The van der Waals surface area contributed by atoms with E-state index >= 15 is 0 Å². The molecule has 1 N–H and O–H groups in total. The zero-order valence-corrected chi connectivity index (χ0v) is 15.9. The Hall–Kier alpha value is -2.45. The van der Waals surface area contributed by atoms with Crippen LogP contribution in [0.15, 0.2) is 47.5 Å². The molecule has 0 aliphatic carbocycles. The van der Waals surface area contributed by atoms with Gasteiger partial charge in [-0.15, -0.1) is 0 Å². The maximum Gasteiger partial charge on any atom is 0.243 e. The van der Waals surface area contributed by atoms with Gasteiger partial charge in [-0.3, -0.25) is 9.78 Å². The lowest BCUT2D eigenvalue weighted by Crippen LogP contribution is -2.40. The van der Waals surface area contributed by atoms with E-state index in [0.29, 0.717) is 17.0 Å². The van der Waals surface area contributed by atoms with Crippen LogP contribution in [-0.4, -0.2) is 43.8 Å². The van der Waals surface area contributed by atoms with E-state index < -0.39 is 10.0 Å². The molecule has 0 unspecified atom stereocenters. The van der Waals surface area contributed by atoms with Gasteiger partial charge in [0.2, 0.25) is 15.9 Å². The van der Waals surface area contributed by atoms with Crippen LogP contribution in [0, 0.1) is 6.92 Å². The maximum atomic E-state index is 12.8. The summed E-state index contributed by atoms with van der Waals surface area (Å²) >= 11 is 0. The Morgan fingerprint density at radius 2 is 2.04 bits per heavy atom. The first-order chi connectivity index (χ1) is 12.4. The number of ether oxygens (including phenoxy) is 1. The van der Waals surface area contributed by atoms with Crippen LogP contribution in [-0.2, 0) is 21.4 Å². The van der Waals surface area contributed by atoms with Gasteiger partial charge in [-0.25, -0.2) is 8.42 Å². The van der Waals surface area contributed by atoms with Crippen LogP contribution in [0.4, 0.5) is 0 Å². The molecular formula is C18H23N3O4S. The molecule has 0 saturated carbocycles. The Balaban J connectivity index is 2.08. The van der Waals surface area contributed by atoms with Crippen molar-refractivity contribution < 1.29 is 17.9 Å². The molecule has 1 aromatic heterocycles. The SMILES string of the molecule is CCN(CC(=O)NCc1ccccn1)S(=O)(=O)c1ccc(OC)c(C)c1. The van der Waals surface area contributed by atoms with E-state index in [1.165, 1.54) is 13.2 Å². The molecule has 7 nitrogen and oxygen atoms in total. The second kappa shape index (κ2) is 8.77. The van der Waals surface area contributed by atoms with Gasteiger partial charge in [-0.2, -0.15) is 4.31 Å². The number of carbonyl (C=O) groups is 1. The van der Waals surface area contributed by atoms with Crippen LogP contribution in [0.1, 0.15) is 18.2 Å². The molecule has 2 aromatic rings. The van der Waals surface area contributed by atoms with Gasteiger partial charge in [0.25, 0.3) is 0 Å². The molecule has 26 heavy (non-hydrogen) atoms. The summed E-state index contributed by atoms with van der Waals surface area (Å²) in [6.07, 6.45) is 1.64. The predicted molar refractivity (Wildman–Crippen MR) is 98.2 cm³/mol. The number of nitrogens with one attached hydrogen (secondary N) is 1. The molecule has 0 bridgehead atoms. The summed E-state index contributed by atoms with van der Waals surface area (Å²) in [5, 5.41) is 2.69. The highest BCUT2D eigenvalue weighted by Crippen LogP contribution is 2.23. The van der Waals surface area contributed by atoms with Gasteiger partial charge in [-0.1, -0.05) is 13.0 Å². The fraction of sp³-hybridized carbons (Fsp3) is 0.333. The van der Waals surface area contributed by atoms with E-state index in [1.807, 2.05) is 6.07 Å². The summed E-state index contributed by atoms with van der Waals surface area (Å²) in [4.78, 5) is 16.4. The number of likely N-dealkylation sites (N-methyl/N-ethyl adjacent to an activating group) is 1. The molecule has 8 heteroatoms. The van der Waals surface area contributed by atoms with E-state index in [1.54, 1.807) is 44.3 Å². The zero-order chi connectivity index (χ0) is 19.2. The monoisotopic (exact) mass is 377 g/mol. The average molecular weight is 377 g/mol. The van der Waals surface area contributed by atoms with Gasteiger partial charge in [-0.05, 0) is 42.8 Å². The van der Waals surface area contributed by atoms with Gasteiger partial charge < -0.3 is 10.1 Å². The fourth-order valence-corrected chi connectivity index (χ4v) is 3.93. The maximum absolute atomic E-state index is 12.8. The molecule has 0 aliphatic rings. The number of aromatic nitrogens is 1. The number of methoxy groups -OCH3 is 1. The average Bonchev–Trinajstić information content (AvgIpc) is 2.65. The number of aryl methyl sites for hydroxylation is 1. The first-order valence-corrected chi connectivity index (χ1v) is 9.64. The lowest BCUT2D eigenvalue weighted by molar-refractivity contribution is -0.121. The molecule has 0 fully saturated rings. The van der Waals surface area contributed by atoms with Crippen molar-refractivity contribution in [3.63, 3.8) is 0 Å². The Labute approximate surface area is 154 Å². The molecule has 1 amide bonds. The number of benzene rings is 1. The fourth-order valence-electron chi connectivity index (χ4n) is 2.44. The summed E-state index contributed by atoms with van der Waals surface area (Å²) < 4.78 is 31.9. The number of sulfonamides is 1. The largest absolute Gasteiger partial charge is 0.496 e. The third-order valence-electron chi connectivity index (χ3n) is 3.87. The molecule has 0 spiro atoms. The highest BCUT2D eigenvalue weighted by molar-refractivity contribution is 7.89. The molecule has 1 heterocycles. The summed E-state index contributed by atoms with van der Waals surface area (Å²) in [7, 11) is -2.25. The Bertz CT molecular complexity index is 854. The summed E-state index contributed by atoms with van der Waals surface area (Å²) in [5.74, 6) is 0.228. The van der Waals surface area contributed by atoms with Crippen molar-refractivity contribution in [1.29, 1.82) is 0 Å². The van der Waals surface area contributed by atoms with Crippen LogP contribution in [0.2, 0.25) is 0 Å². The number of nitrogens with zero attached hydrogens (tertiary/aromatic N) is 2. The summed E-state index contributed by atoms with van der Waals surface area (Å²) in [6, 6.07) is 10.0. The van der Waals surface area contributed by atoms with Crippen molar-refractivity contribution in [1.82, 2.24) is 14.6 Å². The minimum atomic E-state index is -3.78. The Morgan fingerprint density at radius 3 is 2.62 bits per heavy atom. The van der Waals surface area contributed by atoms with Crippen LogP contribution in [0.5, 0.6) is 5.75 Å². The summed E-state index contributed by atoms with van der Waals surface area (Å²) in [5.41, 5.74) is 1.42. The number of hydrogen-bond donors (Lipinski definition) is 1. The third-order valence-corrected chi connectivity index (χ3v) is 5.79. The van der Waals surface area contributed by atoms with Gasteiger partial charge in [0.05, 0.1) is 30.8 Å². The third kappa shape index (κ3) is 4.80. The van der Waals surface area contributed by atoms with Gasteiger partial charge in [0.1, 0.15) is 5.75 Å². The predicted octanol–water partition coefficient (Wildman–Crippen LogP) is 1.73. The van der Waals surface area contributed by atoms with Crippen molar-refractivity contribution in [3.05, 3.63) is 53.9 Å². The molecule has 140 valence electrons. The quantitative estimate of drug-likeness (QED) is 0.757. The van der Waals surface area contributed by atoms with Crippen LogP contribution in [0.3, 0.4) is 0 Å². The molecule has 1 aromatic carbocycles. The summed E-state index contributed by atoms with van der Waals surface area (Å²) in [6.45, 7) is 3.65. The van der Waals surface area contributed by atoms with E-state index in [4.69, 9.17) is 4.74 Å². The standard InChI is InChI=1S/C18H23N3O4S/c1-4-21(13-18(22)20-12-15-7-5-6-10-19-15)26(23,24)16-8-9-17(25-3)14(2)11-16/h5-11H,4,12-13H2,1-3H3,(H,20,22). The first-order valence-electron chi connectivity index (χ1n) is 8.20. The first kappa shape index (κ1) is 19.9. The van der Waals surface area contributed by atoms with E-state index in [0.717, 1.165) is 4.31 Å². The van der Waals surface area contributed by atoms with Crippen molar-refractivity contribution >= 4 is 15.9 Å². The van der Waals surface area contributed by atoms with E-state index in [9.17, 15) is 13.2 Å². The number of hydrogen-bond acceptors (Lipinski definition) is 5. The number of carbonyl (C=O) groups excluding carboxylic acids is 1. The van der Waals surface area contributed by atoms with Crippen LogP contribution in [0.25, 0.3) is 0 Å². The van der Waals surface area contributed by atoms with Gasteiger partial charge >= 0.3 is 0 Å². The van der Waals surface area contributed by atoms with E-state index in [2.05, 4.69) is 10.3 Å². The number of rotatable bonds is 8. The normalized spacial score (nSPS) is 11.4. The zero-order valence-electron chi connectivity index (χ0n) is 15.1. The molecule has 2 rings (SSSR count). The number of pyridine rings is 1. The number of amides is 1. The molecule has 0 radical (unpaired) electrons. The Kier molecular flexibility index (Phi) is 6.70. The Morgan fingerprint density at radius 1 is 1.27 bits per heavy atom. The second-order valence-corrected chi connectivity index (χ2v) is 7.60. The minimum absolute atomic E-state index is 0.134. The van der Waals surface area contributed by atoms with E-state index in [-0.39, 0.29) is 30.4 Å². The lowest BCUT2D eigenvalue weighted by atomic mass is 10.2. The minimum Gasteiger partial charge on any atom is -0.496 e. The second-order valence-electron chi connectivity index (χ2n) is 5.66. The van der Waals surface area contributed by atoms with Crippen molar-refractivity contribution in [2.45, 2.75) is 25.3 Å². The molecule has 0 saturated heterocycles. The van der Waals surface area contributed by atoms with Gasteiger partial charge in [0.15, 0.2) is 0 Å². The smallest absolute Gasteiger partial charge is 0.243 e. The molecule has 0 aliphatic heterocycles. The molecule has 0 atom stereocenters. The van der Waals surface area contributed by atoms with Gasteiger partial charge in [0, 0.05) is 12.7 Å².